The lowest BCUT2D eigenvalue weighted by atomic mass is 10.1. The molecule has 2 aromatic carbocycles. The van der Waals surface area contributed by atoms with E-state index in [-0.39, 0.29) is 31.2 Å². The molecule has 0 bridgehead atoms. The molecular formula is C23H22F3N3O5. The Morgan fingerprint density at radius 3 is 2.65 bits per heavy atom. The molecular weight excluding hydrogens is 455 g/mol. The summed E-state index contributed by atoms with van der Waals surface area (Å²) >= 11 is 0. The average molecular weight is 477 g/mol. The molecule has 3 amide bonds. The Balaban J connectivity index is 1.43. The molecule has 1 fully saturated rings. The van der Waals surface area contributed by atoms with Gasteiger partial charge in [-0.15, -0.1) is 0 Å². The number of hydrogen-bond donors (Lipinski definition) is 2. The van der Waals surface area contributed by atoms with Crippen LogP contribution in [0.3, 0.4) is 0 Å². The highest BCUT2D eigenvalue weighted by molar-refractivity contribution is 5.99. The number of fused-ring (bicyclic) bond motifs is 1. The first-order chi connectivity index (χ1) is 16.2. The molecule has 0 spiro atoms. The molecule has 2 heterocycles. The van der Waals surface area contributed by atoms with Crippen molar-refractivity contribution < 1.29 is 37.0 Å². The summed E-state index contributed by atoms with van der Waals surface area (Å²) in [4.78, 5) is 38.2. The third-order valence-corrected chi connectivity index (χ3v) is 5.46. The molecule has 2 aromatic rings. The number of hydrogen-bond acceptors (Lipinski definition) is 5. The van der Waals surface area contributed by atoms with Gasteiger partial charge in [-0.2, -0.15) is 13.2 Å². The van der Waals surface area contributed by atoms with Gasteiger partial charge < -0.3 is 25.0 Å². The lowest BCUT2D eigenvalue weighted by Crippen LogP contribution is -2.40. The molecule has 180 valence electrons. The number of nitrogens with zero attached hydrogens (tertiary/aromatic N) is 1. The zero-order valence-electron chi connectivity index (χ0n) is 18.0. The van der Waals surface area contributed by atoms with E-state index in [1.165, 1.54) is 11.0 Å². The molecule has 1 atom stereocenters. The molecule has 0 aliphatic carbocycles. The Hall–Kier alpha value is -3.60. The normalized spacial score (nSPS) is 17.7. The lowest BCUT2D eigenvalue weighted by molar-refractivity contribution is -0.137. The second-order valence-corrected chi connectivity index (χ2v) is 7.85. The van der Waals surface area contributed by atoms with Crippen LogP contribution in [-0.4, -0.2) is 43.6 Å². The smallest absolute Gasteiger partial charge is 0.418 e. The summed E-state index contributed by atoms with van der Waals surface area (Å²) in [5, 5.41) is 4.69. The maximum Gasteiger partial charge on any atom is 0.418 e. The van der Waals surface area contributed by atoms with Crippen LogP contribution in [0.1, 0.15) is 24.8 Å². The summed E-state index contributed by atoms with van der Waals surface area (Å²) in [6.45, 7) is 0.219. The summed E-state index contributed by atoms with van der Waals surface area (Å²) in [6, 6.07) is 9.93. The van der Waals surface area contributed by atoms with E-state index in [9.17, 15) is 27.6 Å². The first-order valence-corrected chi connectivity index (χ1v) is 10.7. The Morgan fingerprint density at radius 1 is 1.12 bits per heavy atom. The van der Waals surface area contributed by atoms with Gasteiger partial charge in [0.1, 0.15) is 11.9 Å². The van der Waals surface area contributed by atoms with Crippen molar-refractivity contribution in [3.05, 3.63) is 48.0 Å². The molecule has 2 N–H and O–H groups in total. The zero-order valence-corrected chi connectivity index (χ0v) is 18.0. The van der Waals surface area contributed by atoms with E-state index in [1.807, 2.05) is 0 Å². The van der Waals surface area contributed by atoms with Crippen molar-refractivity contribution in [2.24, 2.45) is 0 Å². The van der Waals surface area contributed by atoms with Gasteiger partial charge in [0.15, 0.2) is 6.61 Å². The lowest BCUT2D eigenvalue weighted by Gasteiger charge is -2.29. The molecule has 0 radical (unpaired) electrons. The van der Waals surface area contributed by atoms with Crippen molar-refractivity contribution in [1.29, 1.82) is 0 Å². The Bertz CT molecular complexity index is 1100. The first-order valence-electron chi connectivity index (χ1n) is 10.7. The number of carbonyl (C=O) groups is 3. The van der Waals surface area contributed by atoms with E-state index < -0.39 is 35.3 Å². The van der Waals surface area contributed by atoms with E-state index in [2.05, 4.69) is 10.6 Å². The predicted molar refractivity (Wildman–Crippen MR) is 117 cm³/mol. The minimum atomic E-state index is -4.77. The topological polar surface area (TPSA) is 97.0 Å². The third-order valence-electron chi connectivity index (χ3n) is 5.46. The molecule has 0 saturated carbocycles. The predicted octanol–water partition coefficient (Wildman–Crippen LogP) is 3.58. The second kappa shape index (κ2) is 9.72. The van der Waals surface area contributed by atoms with Gasteiger partial charge in [-0.3, -0.25) is 14.4 Å². The molecule has 2 aliphatic rings. The van der Waals surface area contributed by atoms with Crippen LogP contribution < -0.4 is 20.3 Å². The van der Waals surface area contributed by atoms with Crippen molar-refractivity contribution in [2.45, 2.75) is 31.5 Å². The zero-order chi connectivity index (χ0) is 24.3. The minimum Gasteiger partial charge on any atom is -0.482 e. The number of ether oxygens (including phenoxy) is 2. The van der Waals surface area contributed by atoms with Crippen LogP contribution in [0, 0.1) is 0 Å². The summed E-state index contributed by atoms with van der Waals surface area (Å²) in [6.07, 6.45) is -4.48. The Labute approximate surface area is 193 Å². The van der Waals surface area contributed by atoms with Crippen molar-refractivity contribution >= 4 is 34.8 Å². The SMILES string of the molecule is O=C(CCN1C(=O)COc2ccccc21)Nc1ccc(NC(=O)C2CCCO2)cc1C(F)(F)F. The number of halogens is 3. The maximum atomic E-state index is 13.7. The number of para-hydroxylation sites is 2. The highest BCUT2D eigenvalue weighted by atomic mass is 19.4. The van der Waals surface area contributed by atoms with E-state index in [1.54, 1.807) is 24.3 Å². The van der Waals surface area contributed by atoms with Crippen LogP contribution in [-0.2, 0) is 25.3 Å². The van der Waals surface area contributed by atoms with Gasteiger partial charge >= 0.3 is 6.18 Å². The Morgan fingerprint density at radius 2 is 1.91 bits per heavy atom. The van der Waals surface area contributed by atoms with Crippen molar-refractivity contribution in [1.82, 2.24) is 0 Å². The van der Waals surface area contributed by atoms with Gasteiger partial charge in [-0.25, -0.2) is 0 Å². The number of benzene rings is 2. The summed E-state index contributed by atoms with van der Waals surface area (Å²) < 4.78 is 51.5. The number of carbonyl (C=O) groups excluding carboxylic acids is 3. The monoisotopic (exact) mass is 477 g/mol. The van der Waals surface area contributed by atoms with E-state index in [0.29, 0.717) is 30.9 Å². The van der Waals surface area contributed by atoms with Crippen LogP contribution in [0.25, 0.3) is 0 Å². The molecule has 11 heteroatoms. The maximum absolute atomic E-state index is 13.7. The molecule has 2 aliphatic heterocycles. The van der Waals surface area contributed by atoms with Crippen molar-refractivity contribution in [3.63, 3.8) is 0 Å². The number of alkyl halides is 3. The number of rotatable bonds is 6. The quantitative estimate of drug-likeness (QED) is 0.663. The van der Waals surface area contributed by atoms with Crippen LogP contribution in [0.2, 0.25) is 0 Å². The number of anilines is 3. The molecule has 4 rings (SSSR count). The standard InChI is InChI=1S/C23H22F3N3O5/c24-23(25,26)15-12-14(27-22(32)19-6-3-11-33-19)7-8-16(15)28-20(30)9-10-29-17-4-1-2-5-18(17)34-13-21(29)31/h1-2,4-5,7-8,12,19H,3,6,9-11,13H2,(H,27,32)(H,28,30). The van der Waals surface area contributed by atoms with Crippen LogP contribution in [0.15, 0.2) is 42.5 Å². The highest BCUT2D eigenvalue weighted by Gasteiger charge is 2.35. The fourth-order valence-electron chi connectivity index (χ4n) is 3.80. The third kappa shape index (κ3) is 5.30. The fraction of sp³-hybridized carbons (Fsp3) is 0.348. The van der Waals surface area contributed by atoms with E-state index in [4.69, 9.17) is 9.47 Å². The van der Waals surface area contributed by atoms with Gasteiger partial charge in [0, 0.05) is 25.3 Å². The summed E-state index contributed by atoms with van der Waals surface area (Å²) in [7, 11) is 0. The van der Waals surface area contributed by atoms with Crippen molar-refractivity contribution in [2.75, 3.05) is 35.3 Å². The van der Waals surface area contributed by atoms with Crippen molar-refractivity contribution in [3.8, 4) is 5.75 Å². The van der Waals surface area contributed by atoms with E-state index >= 15 is 0 Å². The van der Waals surface area contributed by atoms with Crippen LogP contribution in [0.4, 0.5) is 30.2 Å². The second-order valence-electron chi connectivity index (χ2n) is 7.85. The number of amides is 3. The highest BCUT2D eigenvalue weighted by Crippen LogP contribution is 2.37. The number of nitrogens with one attached hydrogen (secondary N) is 2. The first kappa shape index (κ1) is 23.6. The molecule has 1 unspecified atom stereocenters. The molecule has 1 saturated heterocycles. The van der Waals surface area contributed by atoms with Gasteiger partial charge in [-0.1, -0.05) is 12.1 Å². The minimum absolute atomic E-state index is 0.0259. The van der Waals surface area contributed by atoms with Crippen LogP contribution in [0.5, 0.6) is 5.75 Å². The average Bonchev–Trinajstić information content (AvgIpc) is 3.34. The molecule has 0 aromatic heterocycles. The molecule has 34 heavy (non-hydrogen) atoms. The van der Waals surface area contributed by atoms with Gasteiger partial charge in [0.2, 0.25) is 5.91 Å². The molecule has 8 nitrogen and oxygen atoms in total. The van der Waals surface area contributed by atoms with Gasteiger partial charge in [0.05, 0.1) is 16.9 Å². The van der Waals surface area contributed by atoms with Gasteiger partial charge in [0.25, 0.3) is 11.8 Å². The Kier molecular flexibility index (Phi) is 6.73. The summed E-state index contributed by atoms with van der Waals surface area (Å²) in [5.41, 5.74) is -1.10. The van der Waals surface area contributed by atoms with E-state index in [0.717, 1.165) is 12.1 Å². The summed E-state index contributed by atoms with van der Waals surface area (Å²) in [5.74, 6) is -1.08. The fourth-order valence-corrected chi connectivity index (χ4v) is 3.80. The van der Waals surface area contributed by atoms with Crippen LogP contribution >= 0.6 is 0 Å². The van der Waals surface area contributed by atoms with Gasteiger partial charge in [-0.05, 0) is 43.2 Å². The largest absolute Gasteiger partial charge is 0.482 e.